The Morgan fingerprint density at radius 1 is 1.10 bits per heavy atom. The van der Waals surface area contributed by atoms with Crippen molar-refractivity contribution >= 4 is 23.5 Å². The molecule has 1 aliphatic rings. The molecule has 3 rings (SSSR count). The molecule has 2 atom stereocenters. The maximum absolute atomic E-state index is 12.8. The lowest BCUT2D eigenvalue weighted by Gasteiger charge is -2.28. The van der Waals surface area contributed by atoms with E-state index in [0.717, 1.165) is 12.1 Å². The number of ether oxygens (including phenoxy) is 1. The van der Waals surface area contributed by atoms with Crippen LogP contribution >= 0.6 is 0 Å². The van der Waals surface area contributed by atoms with Crippen molar-refractivity contribution in [1.82, 2.24) is 5.32 Å². The van der Waals surface area contributed by atoms with Crippen LogP contribution in [0.1, 0.15) is 33.6 Å². The summed E-state index contributed by atoms with van der Waals surface area (Å²) in [5.41, 5.74) is 1.31. The lowest BCUT2D eigenvalue weighted by molar-refractivity contribution is -0.142. The van der Waals surface area contributed by atoms with Gasteiger partial charge in [0, 0.05) is 36.4 Å². The molecular formula is C22H24N2O5. The first-order valence-corrected chi connectivity index (χ1v) is 9.52. The van der Waals surface area contributed by atoms with Gasteiger partial charge in [-0.2, -0.15) is 0 Å². The molecule has 7 nitrogen and oxygen atoms in total. The van der Waals surface area contributed by atoms with Crippen LogP contribution < -0.4 is 10.2 Å². The Labute approximate surface area is 169 Å². The number of carboxylic acid groups (broad SMARTS) is 1. The van der Waals surface area contributed by atoms with E-state index in [2.05, 4.69) is 5.32 Å². The van der Waals surface area contributed by atoms with E-state index < -0.39 is 17.9 Å². The molecule has 1 heterocycles. The SMILES string of the molecule is CN(C(=O)c1cccc(C(=O)NC(C(=O)O)C2CCCOC2)c1)c1ccccc1. The minimum absolute atomic E-state index is 0.236. The zero-order chi connectivity index (χ0) is 20.8. The Bertz CT molecular complexity index is 878. The number of amides is 2. The number of nitrogens with zero attached hydrogens (tertiary/aromatic N) is 1. The topological polar surface area (TPSA) is 95.9 Å². The van der Waals surface area contributed by atoms with Crippen molar-refractivity contribution in [2.45, 2.75) is 18.9 Å². The Balaban J connectivity index is 1.74. The number of rotatable bonds is 6. The summed E-state index contributed by atoms with van der Waals surface area (Å²) in [5.74, 6) is -2.16. The number of benzene rings is 2. The first-order valence-electron chi connectivity index (χ1n) is 9.52. The van der Waals surface area contributed by atoms with Crippen molar-refractivity contribution < 1.29 is 24.2 Å². The molecule has 0 radical (unpaired) electrons. The fourth-order valence-corrected chi connectivity index (χ4v) is 3.39. The van der Waals surface area contributed by atoms with E-state index in [1.807, 2.05) is 30.3 Å². The van der Waals surface area contributed by atoms with Gasteiger partial charge in [-0.3, -0.25) is 9.59 Å². The van der Waals surface area contributed by atoms with Gasteiger partial charge in [0.05, 0.1) is 6.61 Å². The second-order valence-corrected chi connectivity index (χ2v) is 7.05. The van der Waals surface area contributed by atoms with Crippen molar-refractivity contribution in [2.75, 3.05) is 25.2 Å². The largest absolute Gasteiger partial charge is 0.480 e. The zero-order valence-electron chi connectivity index (χ0n) is 16.2. The van der Waals surface area contributed by atoms with Crippen molar-refractivity contribution in [3.63, 3.8) is 0 Å². The summed E-state index contributed by atoms with van der Waals surface area (Å²) in [4.78, 5) is 38.6. The van der Waals surface area contributed by atoms with Crippen LogP contribution in [0.4, 0.5) is 5.69 Å². The van der Waals surface area contributed by atoms with Crippen LogP contribution in [0.2, 0.25) is 0 Å². The highest BCUT2D eigenvalue weighted by Crippen LogP contribution is 2.19. The van der Waals surface area contributed by atoms with Crippen molar-refractivity contribution in [3.05, 3.63) is 65.7 Å². The third kappa shape index (κ3) is 5.00. The monoisotopic (exact) mass is 396 g/mol. The van der Waals surface area contributed by atoms with Crippen LogP contribution in [0, 0.1) is 5.92 Å². The molecule has 1 aliphatic heterocycles. The van der Waals surface area contributed by atoms with Crippen LogP contribution in [-0.4, -0.2) is 49.2 Å². The van der Waals surface area contributed by atoms with E-state index in [1.54, 1.807) is 25.2 Å². The standard InChI is InChI=1S/C22H24N2O5/c1-24(18-10-3-2-4-11-18)21(26)16-8-5-7-15(13-16)20(25)23-19(22(27)28)17-9-6-12-29-14-17/h2-5,7-8,10-11,13,17,19H,6,9,12,14H2,1H3,(H,23,25)(H,27,28). The summed E-state index contributed by atoms with van der Waals surface area (Å²) in [6.07, 6.45) is 1.44. The van der Waals surface area contributed by atoms with Gasteiger partial charge in [-0.25, -0.2) is 4.79 Å². The highest BCUT2D eigenvalue weighted by atomic mass is 16.5. The number of nitrogens with one attached hydrogen (secondary N) is 1. The summed E-state index contributed by atoms with van der Waals surface area (Å²) >= 11 is 0. The average molecular weight is 396 g/mol. The third-order valence-corrected chi connectivity index (χ3v) is 5.04. The maximum Gasteiger partial charge on any atom is 0.326 e. The van der Waals surface area contributed by atoms with Crippen molar-refractivity contribution in [3.8, 4) is 0 Å². The smallest absolute Gasteiger partial charge is 0.326 e. The fraction of sp³-hybridized carbons (Fsp3) is 0.318. The van der Waals surface area contributed by atoms with Crippen LogP contribution in [0.5, 0.6) is 0 Å². The first kappa shape index (κ1) is 20.5. The van der Waals surface area contributed by atoms with Gasteiger partial charge in [0.25, 0.3) is 11.8 Å². The molecule has 0 bridgehead atoms. The number of anilines is 1. The summed E-state index contributed by atoms with van der Waals surface area (Å²) in [6, 6.07) is 14.4. The summed E-state index contributed by atoms with van der Waals surface area (Å²) in [7, 11) is 1.66. The molecule has 0 aliphatic carbocycles. The van der Waals surface area contributed by atoms with Crippen LogP contribution in [0.25, 0.3) is 0 Å². The predicted molar refractivity (Wildman–Crippen MR) is 108 cm³/mol. The van der Waals surface area contributed by atoms with Crippen LogP contribution in [0.15, 0.2) is 54.6 Å². The number of hydrogen-bond donors (Lipinski definition) is 2. The van der Waals surface area contributed by atoms with Gasteiger partial charge in [0.1, 0.15) is 6.04 Å². The Kier molecular flexibility index (Phi) is 6.61. The molecule has 29 heavy (non-hydrogen) atoms. The number of carboxylic acids is 1. The van der Waals surface area contributed by atoms with Crippen molar-refractivity contribution in [2.24, 2.45) is 5.92 Å². The molecule has 2 amide bonds. The van der Waals surface area contributed by atoms with Crippen LogP contribution in [-0.2, 0) is 9.53 Å². The fourth-order valence-electron chi connectivity index (χ4n) is 3.39. The van der Waals surface area contributed by atoms with Gasteiger partial charge in [0.2, 0.25) is 0 Å². The predicted octanol–water partition coefficient (Wildman–Crippen LogP) is 2.57. The van der Waals surface area contributed by atoms with Gasteiger partial charge in [-0.1, -0.05) is 24.3 Å². The summed E-state index contributed by atoms with van der Waals surface area (Å²) < 4.78 is 5.35. The average Bonchev–Trinajstić information content (AvgIpc) is 2.77. The minimum Gasteiger partial charge on any atom is -0.480 e. The normalized spacial score (nSPS) is 17.2. The molecule has 152 valence electrons. The van der Waals surface area contributed by atoms with Crippen molar-refractivity contribution in [1.29, 1.82) is 0 Å². The Morgan fingerprint density at radius 3 is 2.48 bits per heavy atom. The van der Waals surface area contributed by atoms with E-state index in [9.17, 15) is 19.5 Å². The third-order valence-electron chi connectivity index (χ3n) is 5.04. The second-order valence-electron chi connectivity index (χ2n) is 7.05. The number of carbonyl (C=O) groups excluding carboxylic acids is 2. The summed E-state index contributed by atoms with van der Waals surface area (Å²) in [6.45, 7) is 0.910. The molecule has 2 aromatic rings. The molecule has 7 heteroatoms. The highest BCUT2D eigenvalue weighted by Gasteiger charge is 2.31. The number of para-hydroxylation sites is 1. The molecule has 2 N–H and O–H groups in total. The van der Waals surface area contributed by atoms with Gasteiger partial charge >= 0.3 is 5.97 Å². The van der Waals surface area contributed by atoms with Gasteiger partial charge in [-0.05, 0) is 43.2 Å². The van der Waals surface area contributed by atoms with E-state index >= 15 is 0 Å². The lowest BCUT2D eigenvalue weighted by Crippen LogP contribution is -2.48. The Hall–Kier alpha value is -3.19. The quantitative estimate of drug-likeness (QED) is 0.782. The molecule has 1 saturated heterocycles. The molecule has 0 saturated carbocycles. The van der Waals surface area contributed by atoms with Gasteiger partial charge in [-0.15, -0.1) is 0 Å². The number of aliphatic carboxylic acids is 1. The van der Waals surface area contributed by atoms with E-state index in [1.165, 1.54) is 11.0 Å². The van der Waals surface area contributed by atoms with E-state index in [4.69, 9.17) is 4.74 Å². The van der Waals surface area contributed by atoms with Gasteiger partial charge in [0.15, 0.2) is 0 Å². The highest BCUT2D eigenvalue weighted by molar-refractivity contribution is 6.07. The first-order chi connectivity index (χ1) is 14.0. The lowest BCUT2D eigenvalue weighted by atomic mass is 9.93. The minimum atomic E-state index is -1.09. The van der Waals surface area contributed by atoms with Crippen LogP contribution in [0.3, 0.4) is 0 Å². The molecule has 0 spiro atoms. The van der Waals surface area contributed by atoms with E-state index in [-0.39, 0.29) is 17.4 Å². The Morgan fingerprint density at radius 2 is 1.83 bits per heavy atom. The maximum atomic E-state index is 12.8. The molecule has 2 unspecified atom stereocenters. The molecule has 2 aromatic carbocycles. The number of carbonyl (C=O) groups is 3. The second kappa shape index (κ2) is 9.34. The van der Waals surface area contributed by atoms with Gasteiger partial charge < -0.3 is 20.1 Å². The zero-order valence-corrected chi connectivity index (χ0v) is 16.2. The summed E-state index contributed by atoms with van der Waals surface area (Å²) in [5, 5.41) is 12.1. The number of hydrogen-bond acceptors (Lipinski definition) is 4. The molecule has 1 fully saturated rings. The molecular weight excluding hydrogens is 372 g/mol. The van der Waals surface area contributed by atoms with E-state index in [0.29, 0.717) is 25.2 Å². The molecule has 0 aromatic heterocycles.